The van der Waals surface area contributed by atoms with Crippen LogP contribution < -0.4 is 5.32 Å². The highest BCUT2D eigenvalue weighted by Gasteiger charge is 2.16. The molecule has 1 aromatic heterocycles. The van der Waals surface area contributed by atoms with Crippen molar-refractivity contribution in [2.24, 2.45) is 0 Å². The Kier molecular flexibility index (Phi) is 4.44. The van der Waals surface area contributed by atoms with Crippen LogP contribution in [0.15, 0.2) is 36.5 Å². The highest BCUT2D eigenvalue weighted by molar-refractivity contribution is 6.32. The molecule has 0 fully saturated rings. The van der Waals surface area contributed by atoms with Crippen molar-refractivity contribution in [2.45, 2.75) is 38.6 Å². The Balaban J connectivity index is 1.76. The highest BCUT2D eigenvalue weighted by atomic mass is 35.5. The van der Waals surface area contributed by atoms with E-state index in [1.165, 1.54) is 30.4 Å². The first kappa shape index (κ1) is 15.0. The van der Waals surface area contributed by atoms with Crippen molar-refractivity contribution >= 4 is 17.5 Å². The summed E-state index contributed by atoms with van der Waals surface area (Å²) in [6, 6.07) is 9.87. The Morgan fingerprint density at radius 2 is 2.00 bits per heavy atom. The number of nitrogens with zero attached hydrogens (tertiary/aromatic N) is 1. The lowest BCUT2D eigenvalue weighted by molar-refractivity contribution is 0.0939. The van der Waals surface area contributed by atoms with Crippen molar-refractivity contribution in [3.05, 3.63) is 63.9 Å². The van der Waals surface area contributed by atoms with Gasteiger partial charge in [-0.15, -0.1) is 0 Å². The third kappa shape index (κ3) is 3.14. The molecular formula is C18H19ClN2O. The number of pyridine rings is 1. The fourth-order valence-electron chi connectivity index (χ4n) is 2.94. The van der Waals surface area contributed by atoms with Crippen molar-refractivity contribution < 1.29 is 4.79 Å². The summed E-state index contributed by atoms with van der Waals surface area (Å²) in [5.74, 6) is -0.191. The molecule has 1 N–H and O–H groups in total. The van der Waals surface area contributed by atoms with Crippen molar-refractivity contribution in [1.29, 1.82) is 0 Å². The predicted octanol–water partition coefficient (Wildman–Crippen LogP) is 4.10. The molecule has 0 spiro atoms. The highest BCUT2D eigenvalue weighted by Crippen LogP contribution is 2.25. The van der Waals surface area contributed by atoms with Crippen LogP contribution in [-0.2, 0) is 12.8 Å². The zero-order valence-corrected chi connectivity index (χ0v) is 13.4. The minimum absolute atomic E-state index is 0.0593. The van der Waals surface area contributed by atoms with Crippen LogP contribution in [0.25, 0.3) is 0 Å². The fraction of sp³-hybridized carbons (Fsp3) is 0.333. The van der Waals surface area contributed by atoms with E-state index in [1.807, 2.05) is 6.92 Å². The maximum Gasteiger partial charge on any atom is 0.254 e. The molecule has 1 amide bonds. The smallest absolute Gasteiger partial charge is 0.254 e. The van der Waals surface area contributed by atoms with E-state index in [-0.39, 0.29) is 17.1 Å². The number of aromatic nitrogens is 1. The van der Waals surface area contributed by atoms with E-state index < -0.39 is 0 Å². The van der Waals surface area contributed by atoms with Crippen molar-refractivity contribution in [2.75, 3.05) is 0 Å². The van der Waals surface area contributed by atoms with E-state index in [4.69, 9.17) is 11.6 Å². The maximum absolute atomic E-state index is 12.3. The third-order valence-electron chi connectivity index (χ3n) is 4.22. The molecule has 0 bridgehead atoms. The Bertz CT molecular complexity index is 699. The van der Waals surface area contributed by atoms with Gasteiger partial charge < -0.3 is 5.32 Å². The maximum atomic E-state index is 12.3. The molecule has 0 saturated heterocycles. The molecule has 22 heavy (non-hydrogen) atoms. The molecule has 3 rings (SSSR count). The van der Waals surface area contributed by atoms with Gasteiger partial charge in [0.15, 0.2) is 0 Å². The summed E-state index contributed by atoms with van der Waals surface area (Å²) in [7, 11) is 0. The zero-order valence-electron chi connectivity index (χ0n) is 12.6. The van der Waals surface area contributed by atoms with Crippen LogP contribution in [0.1, 0.15) is 52.9 Å². The van der Waals surface area contributed by atoms with E-state index in [1.54, 1.807) is 18.3 Å². The average Bonchev–Trinajstić information content (AvgIpc) is 2.54. The van der Waals surface area contributed by atoms with Crippen molar-refractivity contribution in [3.8, 4) is 0 Å². The van der Waals surface area contributed by atoms with Crippen molar-refractivity contribution in [3.63, 3.8) is 0 Å². The Hall–Kier alpha value is -1.87. The topological polar surface area (TPSA) is 42.0 Å². The van der Waals surface area contributed by atoms with Gasteiger partial charge in [0.2, 0.25) is 0 Å². The molecule has 4 heteroatoms. The molecule has 0 radical (unpaired) electrons. The zero-order chi connectivity index (χ0) is 15.5. The van der Waals surface area contributed by atoms with E-state index >= 15 is 0 Å². The molecule has 1 heterocycles. The van der Waals surface area contributed by atoms with Crippen molar-refractivity contribution in [1.82, 2.24) is 10.3 Å². The normalized spacial score (nSPS) is 15.0. The number of fused-ring (bicyclic) bond motifs is 1. The lowest BCUT2D eigenvalue weighted by Gasteiger charge is -2.20. The predicted molar refractivity (Wildman–Crippen MR) is 88.2 cm³/mol. The third-order valence-corrected chi connectivity index (χ3v) is 4.53. The van der Waals surface area contributed by atoms with Crippen LogP contribution in [0.5, 0.6) is 0 Å². The second-order valence-corrected chi connectivity index (χ2v) is 6.13. The number of benzene rings is 1. The Labute approximate surface area is 135 Å². The second kappa shape index (κ2) is 6.49. The summed E-state index contributed by atoms with van der Waals surface area (Å²) in [5.41, 5.74) is 4.41. The van der Waals surface area contributed by atoms with Gasteiger partial charge in [-0.3, -0.25) is 4.79 Å². The number of aryl methyl sites for hydroxylation is 2. The van der Waals surface area contributed by atoms with Gasteiger partial charge in [0.1, 0.15) is 5.15 Å². The van der Waals surface area contributed by atoms with Crippen LogP contribution >= 0.6 is 11.6 Å². The van der Waals surface area contributed by atoms with E-state index in [0.29, 0.717) is 5.56 Å². The number of carbonyl (C=O) groups excluding carboxylic acids is 1. The Morgan fingerprint density at radius 3 is 2.77 bits per heavy atom. The number of carbonyl (C=O) groups is 1. The molecule has 0 saturated carbocycles. The first-order chi connectivity index (χ1) is 10.6. The molecule has 0 aliphatic heterocycles. The van der Waals surface area contributed by atoms with Crippen LogP contribution in [-0.4, -0.2) is 10.9 Å². The Morgan fingerprint density at radius 1 is 1.23 bits per heavy atom. The first-order valence-corrected chi connectivity index (χ1v) is 8.06. The summed E-state index contributed by atoms with van der Waals surface area (Å²) >= 11 is 5.97. The second-order valence-electron chi connectivity index (χ2n) is 5.77. The van der Waals surface area contributed by atoms with Gasteiger partial charge in [-0.25, -0.2) is 4.98 Å². The largest absolute Gasteiger partial charge is 0.345 e. The first-order valence-electron chi connectivity index (χ1n) is 7.68. The lowest BCUT2D eigenvalue weighted by Crippen LogP contribution is -2.27. The van der Waals surface area contributed by atoms with Crippen LogP contribution in [0.3, 0.4) is 0 Å². The van der Waals surface area contributed by atoms with Crippen LogP contribution in [0.4, 0.5) is 0 Å². The number of hydrogen-bond donors (Lipinski definition) is 1. The number of halogens is 1. The number of amides is 1. The summed E-state index contributed by atoms with van der Waals surface area (Å²) in [6.45, 7) is 1.99. The molecule has 1 aromatic carbocycles. The molecule has 114 valence electrons. The van der Waals surface area contributed by atoms with Gasteiger partial charge in [-0.2, -0.15) is 0 Å². The lowest BCUT2D eigenvalue weighted by atomic mass is 9.89. The molecule has 2 aromatic rings. The van der Waals surface area contributed by atoms with Gasteiger partial charge in [0.05, 0.1) is 11.6 Å². The molecular weight excluding hydrogens is 296 g/mol. The number of rotatable bonds is 3. The minimum atomic E-state index is -0.191. The van der Waals surface area contributed by atoms with Crippen LogP contribution in [0, 0.1) is 0 Å². The summed E-state index contributed by atoms with van der Waals surface area (Å²) in [6.07, 6.45) is 6.41. The quantitative estimate of drug-likeness (QED) is 0.866. The van der Waals surface area contributed by atoms with E-state index in [2.05, 4.69) is 28.5 Å². The average molecular weight is 315 g/mol. The molecule has 1 aliphatic rings. The minimum Gasteiger partial charge on any atom is -0.345 e. The summed E-state index contributed by atoms with van der Waals surface area (Å²) < 4.78 is 0. The molecule has 1 atom stereocenters. The van der Waals surface area contributed by atoms with E-state index in [0.717, 1.165) is 12.0 Å². The fourth-order valence-corrected chi connectivity index (χ4v) is 3.14. The standard InChI is InChI=1S/C18H19ClN2O/c1-12(21-18(22)16-7-4-10-20-17(16)19)14-9-8-13-5-2-3-6-15(13)11-14/h4,7-12H,2-3,5-6H2,1H3,(H,21,22)/t12-/m1/s1. The van der Waals surface area contributed by atoms with Gasteiger partial charge >= 0.3 is 0 Å². The molecule has 1 aliphatic carbocycles. The summed E-state index contributed by atoms with van der Waals surface area (Å²) in [4.78, 5) is 16.2. The number of nitrogens with one attached hydrogen (secondary N) is 1. The monoisotopic (exact) mass is 314 g/mol. The van der Waals surface area contributed by atoms with Gasteiger partial charge in [0, 0.05) is 6.20 Å². The van der Waals surface area contributed by atoms with Gasteiger partial charge in [-0.05, 0) is 61.4 Å². The SMILES string of the molecule is C[C@@H](NC(=O)c1cccnc1Cl)c1ccc2c(c1)CCCC2. The molecule has 0 unspecified atom stereocenters. The van der Waals surface area contributed by atoms with Gasteiger partial charge in [-0.1, -0.05) is 29.8 Å². The summed E-state index contributed by atoms with van der Waals surface area (Å²) in [5, 5.41) is 3.23. The van der Waals surface area contributed by atoms with Crippen LogP contribution in [0.2, 0.25) is 5.15 Å². The van der Waals surface area contributed by atoms with E-state index in [9.17, 15) is 4.79 Å². The molecule has 3 nitrogen and oxygen atoms in total. The van der Waals surface area contributed by atoms with Gasteiger partial charge in [0.25, 0.3) is 5.91 Å². The number of hydrogen-bond acceptors (Lipinski definition) is 2.